The summed E-state index contributed by atoms with van der Waals surface area (Å²) in [6, 6.07) is 15.7. The Hall–Kier alpha value is -3.26. The lowest BCUT2D eigenvalue weighted by molar-refractivity contribution is -0.112. The molecule has 2 aromatic carbocycles. The number of hydrogen-bond acceptors (Lipinski definition) is 4. The van der Waals surface area contributed by atoms with E-state index in [0.29, 0.717) is 0 Å². The van der Waals surface area contributed by atoms with Crippen LogP contribution in [0.2, 0.25) is 0 Å². The molecule has 0 bridgehead atoms. The van der Waals surface area contributed by atoms with E-state index in [1.807, 2.05) is 81.4 Å². The molecule has 5 heteroatoms. The molecule has 0 atom stereocenters. The molecule has 5 nitrogen and oxygen atoms in total. The molecule has 1 amide bonds. The van der Waals surface area contributed by atoms with Crippen LogP contribution in [0.15, 0.2) is 54.2 Å². The zero-order valence-corrected chi connectivity index (χ0v) is 16.3. The molecule has 0 aromatic heterocycles. The van der Waals surface area contributed by atoms with Crippen molar-refractivity contribution in [3.63, 3.8) is 0 Å². The Labute approximate surface area is 161 Å². The average molecular weight is 362 g/mol. The highest BCUT2D eigenvalue weighted by molar-refractivity contribution is 6.07. The molecular weight excluding hydrogens is 336 g/mol. The second kappa shape index (κ2) is 9.44. The third kappa shape index (κ3) is 5.11. The van der Waals surface area contributed by atoms with E-state index in [1.54, 1.807) is 0 Å². The predicted molar refractivity (Wildman–Crippen MR) is 112 cm³/mol. The topological polar surface area (TPSA) is 68.2 Å². The third-order valence-electron chi connectivity index (χ3n) is 4.35. The van der Waals surface area contributed by atoms with Crippen LogP contribution in [0.4, 0.5) is 17.1 Å². The van der Waals surface area contributed by atoms with Gasteiger partial charge < -0.3 is 15.5 Å². The van der Waals surface area contributed by atoms with Crippen LogP contribution >= 0.6 is 0 Å². The van der Waals surface area contributed by atoms with Gasteiger partial charge in [-0.25, -0.2) is 0 Å². The highest BCUT2D eigenvalue weighted by atomic mass is 16.1. The molecule has 0 aliphatic heterocycles. The largest absolute Gasteiger partial charge is 0.378 e. The normalized spacial score (nSPS) is 10.9. The fraction of sp³-hybridized carbons (Fsp3) is 0.273. The van der Waals surface area contributed by atoms with Gasteiger partial charge in [0.15, 0.2) is 0 Å². The highest BCUT2D eigenvalue weighted by Crippen LogP contribution is 2.23. The summed E-state index contributed by atoms with van der Waals surface area (Å²) < 4.78 is 0. The van der Waals surface area contributed by atoms with E-state index in [-0.39, 0.29) is 5.57 Å². The van der Waals surface area contributed by atoms with Crippen LogP contribution in [0.1, 0.15) is 25.0 Å². The van der Waals surface area contributed by atoms with Gasteiger partial charge in [0.2, 0.25) is 0 Å². The summed E-state index contributed by atoms with van der Waals surface area (Å²) in [5.74, 6) is -0.413. The van der Waals surface area contributed by atoms with Gasteiger partial charge in [0, 0.05) is 37.4 Å². The summed E-state index contributed by atoms with van der Waals surface area (Å²) in [6.07, 6.45) is 3.07. The van der Waals surface area contributed by atoms with E-state index >= 15 is 0 Å². The first-order valence-corrected chi connectivity index (χ1v) is 9.06. The molecule has 0 saturated carbocycles. The van der Waals surface area contributed by atoms with Crippen LogP contribution in [-0.4, -0.2) is 20.0 Å². The van der Waals surface area contributed by atoms with Crippen LogP contribution in [0.25, 0.3) is 0 Å². The quantitative estimate of drug-likeness (QED) is 0.568. The molecular formula is C22H26N4O. The summed E-state index contributed by atoms with van der Waals surface area (Å²) in [6.45, 7) is 4.09. The molecule has 2 N–H and O–H groups in total. The predicted octanol–water partition coefficient (Wildman–Crippen LogP) is 4.34. The number of nitrogens with one attached hydrogen (secondary N) is 2. The highest BCUT2D eigenvalue weighted by Gasteiger charge is 2.14. The maximum absolute atomic E-state index is 12.6. The lowest BCUT2D eigenvalue weighted by Crippen LogP contribution is -2.17. The van der Waals surface area contributed by atoms with Crippen molar-refractivity contribution in [1.82, 2.24) is 0 Å². The van der Waals surface area contributed by atoms with E-state index in [9.17, 15) is 10.1 Å². The number of nitrogens with zero attached hydrogens (tertiary/aromatic N) is 2. The van der Waals surface area contributed by atoms with Crippen molar-refractivity contribution >= 4 is 23.0 Å². The number of carbonyl (C=O) groups excluding carboxylic acids is 1. The summed E-state index contributed by atoms with van der Waals surface area (Å²) in [5, 5.41) is 15.4. The van der Waals surface area contributed by atoms with Crippen molar-refractivity contribution in [3.05, 3.63) is 65.4 Å². The number of benzene rings is 2. The SMILES string of the molecule is CCc1cccc(CC)c1NC(=O)/C(C#N)=C\Nc1cccc(N(C)C)c1. The Kier molecular flexibility index (Phi) is 7.01. The van der Waals surface area contributed by atoms with Gasteiger partial charge in [-0.2, -0.15) is 5.26 Å². The Morgan fingerprint density at radius 3 is 2.30 bits per heavy atom. The number of rotatable bonds is 7. The Bertz CT molecular complexity index is 856. The van der Waals surface area contributed by atoms with Gasteiger partial charge in [0.25, 0.3) is 5.91 Å². The first-order chi connectivity index (χ1) is 13.0. The smallest absolute Gasteiger partial charge is 0.267 e. The first kappa shape index (κ1) is 20.1. The fourth-order valence-corrected chi connectivity index (χ4v) is 2.76. The molecule has 2 rings (SSSR count). The molecule has 0 saturated heterocycles. The monoisotopic (exact) mass is 362 g/mol. The lowest BCUT2D eigenvalue weighted by Gasteiger charge is -2.15. The minimum atomic E-state index is -0.413. The fourth-order valence-electron chi connectivity index (χ4n) is 2.76. The first-order valence-electron chi connectivity index (χ1n) is 9.06. The van der Waals surface area contributed by atoms with Crippen molar-refractivity contribution < 1.29 is 4.79 Å². The minimum Gasteiger partial charge on any atom is -0.378 e. The molecule has 0 radical (unpaired) electrons. The number of aryl methyl sites for hydroxylation is 2. The number of anilines is 3. The van der Waals surface area contributed by atoms with E-state index in [2.05, 4.69) is 10.6 Å². The molecule has 0 aliphatic rings. The van der Waals surface area contributed by atoms with E-state index in [4.69, 9.17) is 0 Å². The van der Waals surface area contributed by atoms with Crippen molar-refractivity contribution in [1.29, 1.82) is 5.26 Å². The van der Waals surface area contributed by atoms with E-state index in [0.717, 1.165) is 41.0 Å². The number of carbonyl (C=O) groups is 1. The maximum Gasteiger partial charge on any atom is 0.267 e. The van der Waals surface area contributed by atoms with Crippen molar-refractivity contribution in [2.75, 3.05) is 29.6 Å². The van der Waals surface area contributed by atoms with Crippen LogP contribution in [0, 0.1) is 11.3 Å². The molecule has 0 fully saturated rings. The summed E-state index contributed by atoms with van der Waals surface area (Å²) in [5.41, 5.74) is 4.80. The van der Waals surface area contributed by atoms with Crippen molar-refractivity contribution in [2.45, 2.75) is 26.7 Å². The van der Waals surface area contributed by atoms with Crippen LogP contribution in [0.5, 0.6) is 0 Å². The third-order valence-corrected chi connectivity index (χ3v) is 4.35. The average Bonchev–Trinajstić information content (AvgIpc) is 2.68. The molecule has 140 valence electrons. The molecule has 0 heterocycles. The zero-order valence-electron chi connectivity index (χ0n) is 16.3. The van der Waals surface area contributed by atoms with Gasteiger partial charge >= 0.3 is 0 Å². The van der Waals surface area contributed by atoms with Gasteiger partial charge in [-0.05, 0) is 42.2 Å². The second-order valence-corrected chi connectivity index (χ2v) is 6.37. The summed E-state index contributed by atoms with van der Waals surface area (Å²) in [7, 11) is 3.92. The molecule has 2 aromatic rings. The number of hydrogen-bond donors (Lipinski definition) is 2. The summed E-state index contributed by atoms with van der Waals surface area (Å²) in [4.78, 5) is 14.6. The second-order valence-electron chi connectivity index (χ2n) is 6.37. The minimum absolute atomic E-state index is 0.0261. The van der Waals surface area contributed by atoms with Crippen LogP contribution < -0.4 is 15.5 Å². The number of amides is 1. The Balaban J connectivity index is 2.21. The van der Waals surface area contributed by atoms with E-state index < -0.39 is 5.91 Å². The molecule has 0 unspecified atom stereocenters. The van der Waals surface area contributed by atoms with Gasteiger partial charge in [0.1, 0.15) is 11.6 Å². The Morgan fingerprint density at radius 1 is 1.11 bits per heavy atom. The van der Waals surface area contributed by atoms with Crippen molar-refractivity contribution in [3.8, 4) is 6.07 Å². The maximum atomic E-state index is 12.6. The van der Waals surface area contributed by atoms with Crippen LogP contribution in [-0.2, 0) is 17.6 Å². The van der Waals surface area contributed by atoms with E-state index in [1.165, 1.54) is 6.20 Å². The summed E-state index contributed by atoms with van der Waals surface area (Å²) >= 11 is 0. The van der Waals surface area contributed by atoms with Gasteiger partial charge in [-0.1, -0.05) is 38.1 Å². The Morgan fingerprint density at radius 2 is 1.74 bits per heavy atom. The standard InChI is InChI=1S/C22H26N4O/c1-5-16-9-7-10-17(6-2)21(16)25-22(27)18(14-23)15-24-19-11-8-12-20(13-19)26(3)4/h7-13,15,24H,5-6H2,1-4H3,(H,25,27)/b18-15-. The van der Waals surface area contributed by atoms with Crippen molar-refractivity contribution in [2.24, 2.45) is 0 Å². The zero-order chi connectivity index (χ0) is 19.8. The molecule has 0 spiro atoms. The number of nitriles is 1. The molecule has 0 aliphatic carbocycles. The molecule has 27 heavy (non-hydrogen) atoms. The lowest BCUT2D eigenvalue weighted by atomic mass is 10.0. The number of para-hydroxylation sites is 1. The van der Waals surface area contributed by atoms with Gasteiger partial charge in [-0.15, -0.1) is 0 Å². The van der Waals surface area contributed by atoms with Gasteiger partial charge in [0.05, 0.1) is 0 Å². The van der Waals surface area contributed by atoms with Crippen LogP contribution in [0.3, 0.4) is 0 Å². The van der Waals surface area contributed by atoms with Gasteiger partial charge in [-0.3, -0.25) is 4.79 Å².